The summed E-state index contributed by atoms with van der Waals surface area (Å²) in [7, 11) is 1.64. The summed E-state index contributed by atoms with van der Waals surface area (Å²) in [5.41, 5.74) is 1.19. The highest BCUT2D eigenvalue weighted by atomic mass is 19.4. The van der Waals surface area contributed by atoms with Crippen LogP contribution in [-0.4, -0.2) is 63.4 Å². The van der Waals surface area contributed by atoms with Gasteiger partial charge in [-0.2, -0.15) is 13.2 Å². The fourth-order valence-electron chi connectivity index (χ4n) is 3.14. The van der Waals surface area contributed by atoms with E-state index in [1.54, 1.807) is 7.11 Å². The molecule has 1 fully saturated rings. The Balaban J connectivity index is 1.76. The van der Waals surface area contributed by atoms with Crippen LogP contribution >= 0.6 is 0 Å². The zero-order chi connectivity index (χ0) is 19.7. The molecule has 0 aromatic heterocycles. The van der Waals surface area contributed by atoms with Crippen molar-refractivity contribution in [3.63, 3.8) is 0 Å². The monoisotopic (exact) mass is 386 g/mol. The van der Waals surface area contributed by atoms with E-state index in [1.807, 2.05) is 31.2 Å². The maximum atomic E-state index is 12.5. The number of methoxy groups -OCH3 is 1. The van der Waals surface area contributed by atoms with E-state index in [1.165, 1.54) is 10.5 Å². The largest absolute Gasteiger partial charge is 0.497 e. The Morgan fingerprint density at radius 1 is 1.26 bits per heavy atom. The van der Waals surface area contributed by atoms with E-state index in [0.29, 0.717) is 25.6 Å². The molecule has 1 atom stereocenters. The molecule has 1 saturated heterocycles. The van der Waals surface area contributed by atoms with E-state index < -0.39 is 12.7 Å². The van der Waals surface area contributed by atoms with Crippen molar-refractivity contribution in [3.8, 4) is 5.75 Å². The van der Waals surface area contributed by atoms with Crippen molar-refractivity contribution < 1.29 is 17.9 Å². The maximum Gasteiger partial charge on any atom is 0.401 e. The molecule has 0 radical (unpaired) electrons. The summed E-state index contributed by atoms with van der Waals surface area (Å²) in [4.78, 5) is 6.01. The van der Waals surface area contributed by atoms with Crippen LogP contribution < -0.4 is 15.4 Å². The minimum Gasteiger partial charge on any atom is -0.497 e. The Kier molecular flexibility index (Phi) is 8.22. The molecule has 0 saturated carbocycles. The van der Waals surface area contributed by atoms with E-state index in [-0.39, 0.29) is 5.92 Å². The molecule has 0 bridgehead atoms. The van der Waals surface area contributed by atoms with Crippen LogP contribution in [0, 0.1) is 5.92 Å². The number of rotatable bonds is 8. The number of ether oxygens (including phenoxy) is 1. The molecule has 2 N–H and O–H groups in total. The van der Waals surface area contributed by atoms with Gasteiger partial charge in [-0.25, -0.2) is 0 Å². The fourth-order valence-corrected chi connectivity index (χ4v) is 3.14. The van der Waals surface area contributed by atoms with Gasteiger partial charge in [0, 0.05) is 26.2 Å². The second kappa shape index (κ2) is 10.4. The van der Waals surface area contributed by atoms with E-state index in [9.17, 15) is 13.2 Å². The molecule has 1 aliphatic rings. The minimum atomic E-state index is -4.13. The highest BCUT2D eigenvalue weighted by molar-refractivity contribution is 5.79. The fraction of sp³-hybridized carbons (Fsp3) is 0.632. The zero-order valence-electron chi connectivity index (χ0n) is 16.0. The van der Waals surface area contributed by atoms with Gasteiger partial charge in [0.2, 0.25) is 0 Å². The number of guanidine groups is 1. The smallest absolute Gasteiger partial charge is 0.401 e. The first kappa shape index (κ1) is 21.3. The summed E-state index contributed by atoms with van der Waals surface area (Å²) >= 11 is 0. The second-order valence-corrected chi connectivity index (χ2v) is 6.75. The van der Waals surface area contributed by atoms with Gasteiger partial charge < -0.3 is 15.4 Å². The SMILES string of the molecule is CCNC(=NCC1CCN(CC(F)(F)F)C1)NCCc1ccc(OC)cc1. The molecule has 1 aromatic carbocycles. The van der Waals surface area contributed by atoms with Crippen LogP contribution in [0.4, 0.5) is 13.2 Å². The molecule has 0 amide bonds. The number of aliphatic imine (C=N–C) groups is 1. The standard InChI is InChI=1S/C19H29F3N4O/c1-3-23-18(24-10-8-15-4-6-17(27-2)7-5-15)25-12-16-9-11-26(13-16)14-19(20,21)22/h4-7,16H,3,8-14H2,1-2H3,(H2,23,24,25). The lowest BCUT2D eigenvalue weighted by molar-refractivity contribution is -0.143. The summed E-state index contributed by atoms with van der Waals surface area (Å²) in [5, 5.41) is 6.47. The van der Waals surface area contributed by atoms with Crippen molar-refractivity contribution in [1.82, 2.24) is 15.5 Å². The maximum absolute atomic E-state index is 12.5. The third kappa shape index (κ3) is 8.07. The lowest BCUT2D eigenvalue weighted by Gasteiger charge is -2.17. The van der Waals surface area contributed by atoms with Gasteiger partial charge in [-0.1, -0.05) is 12.1 Å². The number of alkyl halides is 3. The van der Waals surface area contributed by atoms with E-state index in [4.69, 9.17) is 4.74 Å². The first-order valence-corrected chi connectivity index (χ1v) is 9.34. The number of halogens is 3. The molecule has 1 heterocycles. The molecular formula is C19H29F3N4O. The molecule has 0 spiro atoms. The van der Waals surface area contributed by atoms with Crippen molar-refractivity contribution in [3.05, 3.63) is 29.8 Å². The first-order chi connectivity index (χ1) is 12.9. The number of likely N-dealkylation sites (tertiary alicyclic amines) is 1. The number of nitrogens with one attached hydrogen (secondary N) is 2. The molecule has 1 aliphatic heterocycles. The quantitative estimate of drug-likeness (QED) is 0.533. The number of nitrogens with zero attached hydrogens (tertiary/aromatic N) is 2. The first-order valence-electron chi connectivity index (χ1n) is 9.34. The van der Waals surface area contributed by atoms with Gasteiger partial charge in [-0.05, 0) is 49.9 Å². The van der Waals surface area contributed by atoms with Gasteiger partial charge >= 0.3 is 6.18 Å². The molecule has 5 nitrogen and oxygen atoms in total. The molecule has 1 unspecified atom stereocenters. The van der Waals surface area contributed by atoms with Gasteiger partial charge in [-0.3, -0.25) is 9.89 Å². The Bertz CT molecular complexity index is 590. The van der Waals surface area contributed by atoms with E-state index in [0.717, 1.165) is 31.7 Å². The lowest BCUT2D eigenvalue weighted by atomic mass is 10.1. The van der Waals surface area contributed by atoms with Crippen LogP contribution in [0.25, 0.3) is 0 Å². The van der Waals surface area contributed by atoms with E-state index >= 15 is 0 Å². The van der Waals surface area contributed by atoms with Gasteiger partial charge in [0.15, 0.2) is 5.96 Å². The zero-order valence-corrected chi connectivity index (χ0v) is 16.0. The number of hydrogen-bond donors (Lipinski definition) is 2. The van der Waals surface area contributed by atoms with Crippen LogP contribution in [0.1, 0.15) is 18.9 Å². The van der Waals surface area contributed by atoms with Gasteiger partial charge in [0.1, 0.15) is 5.75 Å². The van der Waals surface area contributed by atoms with Crippen molar-refractivity contribution in [2.24, 2.45) is 10.9 Å². The van der Waals surface area contributed by atoms with Crippen molar-refractivity contribution in [1.29, 1.82) is 0 Å². The molecule has 0 aliphatic carbocycles. The summed E-state index contributed by atoms with van der Waals surface area (Å²) in [6, 6.07) is 7.92. The highest BCUT2D eigenvalue weighted by Crippen LogP contribution is 2.22. The van der Waals surface area contributed by atoms with Crippen LogP contribution in [0.2, 0.25) is 0 Å². The number of hydrogen-bond acceptors (Lipinski definition) is 3. The van der Waals surface area contributed by atoms with Crippen LogP contribution in [-0.2, 0) is 6.42 Å². The molecule has 8 heteroatoms. The summed E-state index contributed by atoms with van der Waals surface area (Å²) in [6.07, 6.45) is -2.53. The Labute approximate surface area is 159 Å². The molecule has 1 aromatic rings. The number of benzene rings is 1. The molecule has 2 rings (SSSR count). The molecule has 27 heavy (non-hydrogen) atoms. The highest BCUT2D eigenvalue weighted by Gasteiger charge is 2.34. The summed E-state index contributed by atoms with van der Waals surface area (Å²) in [6.45, 7) is 4.10. The Morgan fingerprint density at radius 2 is 2.00 bits per heavy atom. The van der Waals surface area contributed by atoms with Crippen LogP contribution in [0.3, 0.4) is 0 Å². The predicted molar refractivity (Wildman–Crippen MR) is 101 cm³/mol. The van der Waals surface area contributed by atoms with Gasteiger partial charge in [-0.15, -0.1) is 0 Å². The van der Waals surface area contributed by atoms with Gasteiger partial charge in [0.05, 0.1) is 13.7 Å². The minimum absolute atomic E-state index is 0.171. The van der Waals surface area contributed by atoms with Crippen molar-refractivity contribution in [2.75, 3.05) is 46.4 Å². The lowest BCUT2D eigenvalue weighted by Crippen LogP contribution is -2.38. The van der Waals surface area contributed by atoms with Crippen molar-refractivity contribution in [2.45, 2.75) is 25.9 Å². The third-order valence-electron chi connectivity index (χ3n) is 4.49. The van der Waals surface area contributed by atoms with Crippen LogP contribution in [0.5, 0.6) is 5.75 Å². The van der Waals surface area contributed by atoms with Gasteiger partial charge in [0.25, 0.3) is 0 Å². The third-order valence-corrected chi connectivity index (χ3v) is 4.49. The molecule has 152 valence electrons. The average Bonchev–Trinajstić information content (AvgIpc) is 3.05. The Hall–Kier alpha value is -1.96. The average molecular weight is 386 g/mol. The summed E-state index contributed by atoms with van der Waals surface area (Å²) in [5.74, 6) is 1.71. The van der Waals surface area contributed by atoms with Crippen LogP contribution in [0.15, 0.2) is 29.3 Å². The van der Waals surface area contributed by atoms with E-state index in [2.05, 4.69) is 15.6 Å². The normalized spacial score (nSPS) is 18.6. The Morgan fingerprint density at radius 3 is 2.63 bits per heavy atom. The topological polar surface area (TPSA) is 48.9 Å². The predicted octanol–water partition coefficient (Wildman–Crippen LogP) is 2.68. The summed E-state index contributed by atoms with van der Waals surface area (Å²) < 4.78 is 42.6. The van der Waals surface area contributed by atoms with Crippen molar-refractivity contribution >= 4 is 5.96 Å². The second-order valence-electron chi connectivity index (χ2n) is 6.75. The molecular weight excluding hydrogens is 357 g/mol.